The maximum Gasteiger partial charge on any atom is 0.111 e. The Morgan fingerprint density at radius 2 is 2.00 bits per heavy atom. The maximum absolute atomic E-state index is 4.60. The predicted octanol–water partition coefficient (Wildman–Crippen LogP) is 2.62. The number of benzene rings is 1. The summed E-state index contributed by atoms with van der Waals surface area (Å²) in [5, 5.41) is 3.40. The molecule has 2 heterocycles. The summed E-state index contributed by atoms with van der Waals surface area (Å²) in [4.78, 5) is 8.71. The zero-order chi connectivity index (χ0) is 13.1. The second-order valence-corrected chi connectivity index (χ2v) is 4.49. The molecule has 0 bridgehead atoms. The molecule has 1 aromatic carbocycles. The fourth-order valence-electron chi connectivity index (χ4n) is 2.20. The van der Waals surface area contributed by atoms with Crippen molar-refractivity contribution in [1.29, 1.82) is 0 Å². The van der Waals surface area contributed by atoms with E-state index in [0.29, 0.717) is 0 Å². The van der Waals surface area contributed by atoms with Crippen LogP contribution in [0.4, 0.5) is 5.69 Å². The summed E-state index contributed by atoms with van der Waals surface area (Å²) in [7, 11) is 2.05. The number of para-hydroxylation sites is 1. The minimum absolute atomic E-state index is 0.870. The largest absolute Gasteiger partial charge is 0.385 e. The van der Waals surface area contributed by atoms with Crippen LogP contribution in [0, 0.1) is 0 Å². The van der Waals surface area contributed by atoms with Gasteiger partial charge in [-0.05, 0) is 18.2 Å². The van der Waals surface area contributed by atoms with Gasteiger partial charge in [0.05, 0.1) is 11.7 Å². The Kier molecular flexibility index (Phi) is 3.14. The molecule has 0 aliphatic heterocycles. The Bertz CT molecular complexity index is 673. The Morgan fingerprint density at radius 1 is 1.16 bits per heavy atom. The van der Waals surface area contributed by atoms with E-state index < -0.39 is 0 Å². The van der Waals surface area contributed by atoms with E-state index >= 15 is 0 Å². The average molecular weight is 252 g/mol. The number of aryl methyl sites for hydroxylation is 1. The Balaban J connectivity index is 1.70. The monoisotopic (exact) mass is 252 g/mol. The van der Waals surface area contributed by atoms with Gasteiger partial charge < -0.3 is 9.88 Å². The number of rotatable bonds is 4. The summed E-state index contributed by atoms with van der Waals surface area (Å²) >= 11 is 0. The van der Waals surface area contributed by atoms with Gasteiger partial charge in [0, 0.05) is 31.9 Å². The van der Waals surface area contributed by atoms with E-state index in [1.807, 2.05) is 37.5 Å². The Morgan fingerprint density at radius 3 is 2.79 bits per heavy atom. The molecule has 0 amide bonds. The van der Waals surface area contributed by atoms with Gasteiger partial charge in [0.2, 0.25) is 0 Å². The molecule has 3 aromatic rings. The first-order valence-corrected chi connectivity index (χ1v) is 6.39. The second-order valence-electron chi connectivity index (χ2n) is 4.49. The number of pyridine rings is 1. The van der Waals surface area contributed by atoms with Crippen LogP contribution < -0.4 is 5.32 Å². The third kappa shape index (κ3) is 2.42. The van der Waals surface area contributed by atoms with Gasteiger partial charge in [0.1, 0.15) is 11.3 Å². The molecule has 2 aromatic heterocycles. The fraction of sp³-hybridized carbons (Fsp3) is 0.200. The summed E-state index contributed by atoms with van der Waals surface area (Å²) < 4.78 is 2.13. The average Bonchev–Trinajstić information content (AvgIpc) is 2.78. The summed E-state index contributed by atoms with van der Waals surface area (Å²) in [5.74, 6) is 1.08. The lowest BCUT2D eigenvalue weighted by atomic mass is 10.3. The highest BCUT2D eigenvalue weighted by atomic mass is 15.1. The highest BCUT2D eigenvalue weighted by molar-refractivity contribution is 5.74. The van der Waals surface area contributed by atoms with E-state index in [-0.39, 0.29) is 0 Å². The van der Waals surface area contributed by atoms with E-state index in [2.05, 4.69) is 32.0 Å². The van der Waals surface area contributed by atoms with Gasteiger partial charge in [-0.25, -0.2) is 4.98 Å². The molecule has 0 fully saturated rings. The Labute approximate surface area is 112 Å². The molecule has 19 heavy (non-hydrogen) atoms. The van der Waals surface area contributed by atoms with Crippen LogP contribution in [0.5, 0.6) is 0 Å². The minimum Gasteiger partial charge on any atom is -0.385 e. The van der Waals surface area contributed by atoms with Gasteiger partial charge in [-0.15, -0.1) is 0 Å². The molecular weight excluding hydrogens is 236 g/mol. The van der Waals surface area contributed by atoms with Crippen LogP contribution in [0.1, 0.15) is 5.82 Å². The van der Waals surface area contributed by atoms with Gasteiger partial charge in [0.25, 0.3) is 0 Å². The lowest BCUT2D eigenvalue weighted by Gasteiger charge is -2.06. The van der Waals surface area contributed by atoms with Gasteiger partial charge in [-0.3, -0.25) is 4.98 Å². The highest BCUT2D eigenvalue weighted by Crippen LogP contribution is 2.13. The van der Waals surface area contributed by atoms with Crippen LogP contribution in [-0.2, 0) is 13.5 Å². The van der Waals surface area contributed by atoms with E-state index in [4.69, 9.17) is 0 Å². The number of anilines is 1. The SMILES string of the molecule is Cn1c(CCNc2ccccc2)nc2cnccc21. The van der Waals surface area contributed by atoms with Crippen LogP contribution in [0.15, 0.2) is 48.8 Å². The molecule has 1 N–H and O–H groups in total. The minimum atomic E-state index is 0.870. The van der Waals surface area contributed by atoms with Crippen molar-refractivity contribution >= 4 is 16.7 Å². The molecule has 0 atom stereocenters. The molecule has 0 saturated carbocycles. The molecule has 0 spiro atoms. The van der Waals surface area contributed by atoms with Crippen molar-refractivity contribution in [2.24, 2.45) is 7.05 Å². The molecule has 96 valence electrons. The normalized spacial score (nSPS) is 10.8. The molecule has 0 saturated heterocycles. The van der Waals surface area contributed by atoms with E-state index in [1.165, 1.54) is 0 Å². The third-order valence-electron chi connectivity index (χ3n) is 3.23. The zero-order valence-electron chi connectivity index (χ0n) is 10.9. The van der Waals surface area contributed by atoms with E-state index in [1.54, 1.807) is 6.20 Å². The number of nitrogens with one attached hydrogen (secondary N) is 1. The number of fused-ring (bicyclic) bond motifs is 1. The summed E-state index contributed by atoms with van der Waals surface area (Å²) in [6.07, 6.45) is 4.50. The van der Waals surface area contributed by atoms with Crippen LogP contribution in [0.25, 0.3) is 11.0 Å². The lowest BCUT2D eigenvalue weighted by Crippen LogP contribution is -2.08. The van der Waals surface area contributed by atoms with Crippen molar-refractivity contribution < 1.29 is 0 Å². The molecule has 3 rings (SSSR count). The number of hydrogen-bond acceptors (Lipinski definition) is 3. The van der Waals surface area contributed by atoms with Crippen LogP contribution >= 0.6 is 0 Å². The first-order valence-electron chi connectivity index (χ1n) is 6.39. The summed E-state index contributed by atoms with van der Waals surface area (Å²) in [5.41, 5.74) is 3.23. The Hall–Kier alpha value is -2.36. The number of aromatic nitrogens is 3. The van der Waals surface area contributed by atoms with Gasteiger partial charge in [-0.1, -0.05) is 18.2 Å². The molecule has 0 aliphatic rings. The van der Waals surface area contributed by atoms with Crippen LogP contribution in [-0.4, -0.2) is 21.1 Å². The van der Waals surface area contributed by atoms with Crippen molar-refractivity contribution in [2.75, 3.05) is 11.9 Å². The molecule has 0 aliphatic carbocycles. The van der Waals surface area contributed by atoms with E-state index in [0.717, 1.165) is 35.5 Å². The molecule has 0 radical (unpaired) electrons. The van der Waals surface area contributed by atoms with Gasteiger partial charge in [0.15, 0.2) is 0 Å². The lowest BCUT2D eigenvalue weighted by molar-refractivity contribution is 0.808. The van der Waals surface area contributed by atoms with Crippen LogP contribution in [0.2, 0.25) is 0 Å². The van der Waals surface area contributed by atoms with Crippen molar-refractivity contribution in [3.63, 3.8) is 0 Å². The molecular formula is C15H16N4. The molecule has 4 nitrogen and oxygen atoms in total. The predicted molar refractivity (Wildman–Crippen MR) is 77.1 cm³/mol. The highest BCUT2D eigenvalue weighted by Gasteiger charge is 2.06. The zero-order valence-corrected chi connectivity index (χ0v) is 10.9. The smallest absolute Gasteiger partial charge is 0.111 e. The third-order valence-corrected chi connectivity index (χ3v) is 3.23. The maximum atomic E-state index is 4.60. The number of nitrogens with zero attached hydrogens (tertiary/aromatic N) is 3. The summed E-state index contributed by atoms with van der Waals surface area (Å²) in [6, 6.07) is 12.2. The number of imidazole rings is 1. The van der Waals surface area contributed by atoms with Gasteiger partial charge >= 0.3 is 0 Å². The molecule has 0 unspecified atom stereocenters. The standard InChI is InChI=1S/C15H16N4/c1-19-14-7-9-16-11-13(14)18-15(19)8-10-17-12-5-3-2-4-6-12/h2-7,9,11,17H,8,10H2,1H3. The molecule has 4 heteroatoms. The summed E-state index contributed by atoms with van der Waals surface area (Å²) in [6.45, 7) is 0.870. The quantitative estimate of drug-likeness (QED) is 0.776. The van der Waals surface area contributed by atoms with Crippen LogP contribution in [0.3, 0.4) is 0 Å². The second kappa shape index (κ2) is 5.10. The number of hydrogen-bond donors (Lipinski definition) is 1. The first-order chi connectivity index (χ1) is 9.34. The van der Waals surface area contributed by atoms with Crippen molar-refractivity contribution in [3.05, 3.63) is 54.6 Å². The van der Waals surface area contributed by atoms with Crippen molar-refractivity contribution in [2.45, 2.75) is 6.42 Å². The first kappa shape index (κ1) is 11.7. The topological polar surface area (TPSA) is 42.7 Å². The van der Waals surface area contributed by atoms with E-state index in [9.17, 15) is 0 Å². The fourth-order valence-corrected chi connectivity index (χ4v) is 2.20. The van der Waals surface area contributed by atoms with Crippen molar-refractivity contribution in [1.82, 2.24) is 14.5 Å². The van der Waals surface area contributed by atoms with Gasteiger partial charge in [-0.2, -0.15) is 0 Å². The van der Waals surface area contributed by atoms with Crippen molar-refractivity contribution in [3.8, 4) is 0 Å².